The molecule has 0 atom stereocenters. The van der Waals surface area contributed by atoms with Crippen LogP contribution in [0.2, 0.25) is 0 Å². The van der Waals surface area contributed by atoms with E-state index in [0.29, 0.717) is 35.5 Å². The monoisotopic (exact) mass is 417 g/mol. The molecule has 0 bridgehead atoms. The summed E-state index contributed by atoms with van der Waals surface area (Å²) < 4.78 is 8.45. The maximum Gasteiger partial charge on any atom is 0.270 e. The maximum absolute atomic E-state index is 13.3. The van der Waals surface area contributed by atoms with E-state index in [-0.39, 0.29) is 11.5 Å². The van der Waals surface area contributed by atoms with Crippen LogP contribution in [0.1, 0.15) is 10.5 Å². The van der Waals surface area contributed by atoms with Gasteiger partial charge < -0.3 is 19.1 Å². The van der Waals surface area contributed by atoms with Crippen LogP contribution < -0.4 is 15.2 Å². The lowest BCUT2D eigenvalue weighted by molar-refractivity contribution is 0.0737. The molecule has 0 N–H and O–H groups in total. The van der Waals surface area contributed by atoms with Crippen LogP contribution >= 0.6 is 0 Å². The maximum atomic E-state index is 13.3. The minimum Gasteiger partial charge on any atom is -0.497 e. The number of rotatable bonds is 3. The molecule has 3 aromatic heterocycles. The quantitative estimate of drug-likeness (QED) is 0.511. The molecule has 31 heavy (non-hydrogen) atoms. The van der Waals surface area contributed by atoms with Gasteiger partial charge in [0.05, 0.1) is 12.5 Å². The molecule has 158 valence electrons. The zero-order chi connectivity index (χ0) is 21.5. The molecule has 0 aliphatic carbocycles. The van der Waals surface area contributed by atoms with Gasteiger partial charge in [-0.15, -0.1) is 0 Å². The Bertz CT molecular complexity index is 1330. The van der Waals surface area contributed by atoms with Gasteiger partial charge in [-0.05, 0) is 42.5 Å². The highest BCUT2D eigenvalue weighted by Gasteiger charge is 2.26. The van der Waals surface area contributed by atoms with Gasteiger partial charge in [0.15, 0.2) is 0 Å². The second-order valence-corrected chi connectivity index (χ2v) is 7.65. The van der Waals surface area contributed by atoms with Crippen molar-refractivity contribution in [2.24, 2.45) is 7.05 Å². The average Bonchev–Trinajstić information content (AvgIpc) is 3.15. The Morgan fingerprint density at radius 2 is 1.77 bits per heavy atom. The van der Waals surface area contributed by atoms with E-state index in [0.717, 1.165) is 24.5 Å². The first-order valence-electron chi connectivity index (χ1n) is 10.2. The number of nitrogens with zero attached hydrogens (tertiary/aromatic N) is 5. The number of methoxy groups -OCH3 is 1. The van der Waals surface area contributed by atoms with Gasteiger partial charge in [-0.25, -0.2) is 4.98 Å². The van der Waals surface area contributed by atoms with Crippen molar-refractivity contribution in [2.45, 2.75) is 0 Å². The fourth-order valence-corrected chi connectivity index (χ4v) is 4.15. The number of piperazine rings is 1. The third kappa shape index (κ3) is 3.20. The number of pyridine rings is 1. The van der Waals surface area contributed by atoms with Gasteiger partial charge in [0.1, 0.15) is 22.7 Å². The van der Waals surface area contributed by atoms with Crippen LogP contribution in [0.15, 0.2) is 59.5 Å². The number of carbonyl (C=O) groups is 1. The van der Waals surface area contributed by atoms with Gasteiger partial charge in [-0.2, -0.15) is 0 Å². The smallest absolute Gasteiger partial charge is 0.270 e. The zero-order valence-electron chi connectivity index (χ0n) is 17.5. The van der Waals surface area contributed by atoms with E-state index in [1.807, 2.05) is 35.2 Å². The van der Waals surface area contributed by atoms with Gasteiger partial charge in [-0.3, -0.25) is 14.0 Å². The van der Waals surface area contributed by atoms with E-state index in [2.05, 4.69) is 9.88 Å². The number of fused-ring (bicyclic) bond motifs is 2. The average molecular weight is 417 g/mol. The summed E-state index contributed by atoms with van der Waals surface area (Å²) in [5.41, 5.74) is 2.51. The second kappa shape index (κ2) is 7.46. The SMILES string of the molecule is COc1ccc(N2CCN(C(=O)c3cc4c(=O)n5ccccc5nc4n3C)CC2)cc1. The predicted octanol–water partition coefficient (Wildman–Crippen LogP) is 2.16. The van der Waals surface area contributed by atoms with Crippen LogP contribution in [0, 0.1) is 0 Å². The highest BCUT2D eigenvalue weighted by atomic mass is 16.5. The minimum atomic E-state index is -0.167. The first-order valence-corrected chi connectivity index (χ1v) is 10.2. The van der Waals surface area contributed by atoms with E-state index < -0.39 is 0 Å². The first-order chi connectivity index (χ1) is 15.1. The van der Waals surface area contributed by atoms with Crippen molar-refractivity contribution in [2.75, 3.05) is 38.2 Å². The second-order valence-electron chi connectivity index (χ2n) is 7.65. The van der Waals surface area contributed by atoms with Crippen LogP contribution in [0.5, 0.6) is 5.75 Å². The molecule has 0 radical (unpaired) electrons. The van der Waals surface area contributed by atoms with Crippen LogP contribution in [0.4, 0.5) is 5.69 Å². The lowest BCUT2D eigenvalue weighted by Gasteiger charge is -2.36. The molecule has 1 aliphatic rings. The number of aromatic nitrogens is 3. The first kappa shape index (κ1) is 19.2. The lowest BCUT2D eigenvalue weighted by Crippen LogP contribution is -2.49. The van der Waals surface area contributed by atoms with E-state index in [1.165, 1.54) is 4.40 Å². The van der Waals surface area contributed by atoms with Crippen LogP contribution in [0.25, 0.3) is 16.7 Å². The summed E-state index contributed by atoms with van der Waals surface area (Å²) in [7, 11) is 3.44. The Morgan fingerprint density at radius 1 is 1.03 bits per heavy atom. The fraction of sp³-hybridized carbons (Fsp3) is 0.261. The van der Waals surface area contributed by atoms with E-state index >= 15 is 0 Å². The number of hydrogen-bond donors (Lipinski definition) is 0. The van der Waals surface area contributed by atoms with Crippen molar-refractivity contribution < 1.29 is 9.53 Å². The van der Waals surface area contributed by atoms with Crippen molar-refractivity contribution in [3.05, 3.63) is 70.8 Å². The molecule has 8 nitrogen and oxygen atoms in total. The Kier molecular flexibility index (Phi) is 4.62. The largest absolute Gasteiger partial charge is 0.497 e. The number of anilines is 1. The van der Waals surface area contributed by atoms with Crippen molar-refractivity contribution in [3.63, 3.8) is 0 Å². The van der Waals surface area contributed by atoms with E-state index in [4.69, 9.17) is 4.74 Å². The molecular formula is C23H23N5O3. The van der Waals surface area contributed by atoms with E-state index in [9.17, 15) is 9.59 Å². The normalized spacial score (nSPS) is 14.4. The van der Waals surface area contributed by atoms with Crippen molar-refractivity contribution in [3.8, 4) is 5.75 Å². The molecule has 1 amide bonds. The molecule has 0 unspecified atom stereocenters. The number of aryl methyl sites for hydroxylation is 1. The number of carbonyl (C=O) groups excluding carboxylic acids is 1. The van der Waals surface area contributed by atoms with Gasteiger partial charge in [-0.1, -0.05) is 6.07 Å². The summed E-state index contributed by atoms with van der Waals surface area (Å²) in [5.74, 6) is 0.744. The minimum absolute atomic E-state index is 0.0802. The Labute approximate surface area is 178 Å². The molecule has 1 aliphatic heterocycles. The summed E-state index contributed by atoms with van der Waals surface area (Å²) in [5, 5.41) is 0.450. The Hall–Kier alpha value is -3.81. The molecule has 0 saturated carbocycles. The summed E-state index contributed by atoms with van der Waals surface area (Å²) in [4.78, 5) is 34.8. The Morgan fingerprint density at radius 3 is 2.48 bits per heavy atom. The van der Waals surface area contributed by atoms with Gasteiger partial charge >= 0.3 is 0 Å². The number of benzene rings is 1. The fourth-order valence-electron chi connectivity index (χ4n) is 4.15. The number of amides is 1. The standard InChI is InChI=1S/C23H23N5O3/c1-25-19(15-18-21(25)24-20-5-3-4-10-28(20)22(18)29)23(30)27-13-11-26(12-14-27)16-6-8-17(31-2)9-7-16/h3-10,15H,11-14H2,1-2H3. The van der Waals surface area contributed by atoms with Crippen LogP contribution in [0.3, 0.4) is 0 Å². The van der Waals surface area contributed by atoms with Gasteiger partial charge in [0.2, 0.25) is 0 Å². The highest BCUT2D eigenvalue weighted by molar-refractivity contribution is 5.98. The molecule has 1 aromatic carbocycles. The van der Waals surface area contributed by atoms with Crippen LogP contribution in [-0.2, 0) is 7.05 Å². The topological polar surface area (TPSA) is 72.1 Å². The molecular weight excluding hydrogens is 394 g/mol. The molecule has 1 fully saturated rings. The van der Waals surface area contributed by atoms with E-state index in [1.54, 1.807) is 43.1 Å². The van der Waals surface area contributed by atoms with Crippen LogP contribution in [-0.4, -0.2) is 58.0 Å². The highest BCUT2D eigenvalue weighted by Crippen LogP contribution is 2.22. The summed E-state index contributed by atoms with van der Waals surface area (Å²) >= 11 is 0. The predicted molar refractivity (Wildman–Crippen MR) is 119 cm³/mol. The molecule has 8 heteroatoms. The molecule has 5 rings (SSSR count). The summed E-state index contributed by atoms with van der Waals surface area (Å²) in [6, 6.07) is 15.0. The lowest BCUT2D eigenvalue weighted by atomic mass is 10.2. The molecule has 4 aromatic rings. The van der Waals surface area contributed by atoms with Gasteiger partial charge in [0, 0.05) is 45.1 Å². The van der Waals surface area contributed by atoms with Crippen molar-refractivity contribution >= 4 is 28.3 Å². The molecule has 4 heterocycles. The number of hydrogen-bond acceptors (Lipinski definition) is 5. The zero-order valence-corrected chi connectivity index (χ0v) is 17.5. The number of ether oxygens (including phenoxy) is 1. The van der Waals surface area contributed by atoms with Crippen molar-refractivity contribution in [1.82, 2.24) is 18.9 Å². The third-order valence-electron chi connectivity index (χ3n) is 5.93. The third-order valence-corrected chi connectivity index (χ3v) is 5.93. The Balaban J connectivity index is 1.39. The van der Waals surface area contributed by atoms with Gasteiger partial charge in [0.25, 0.3) is 11.5 Å². The summed E-state index contributed by atoms with van der Waals surface area (Å²) in [6.45, 7) is 2.71. The van der Waals surface area contributed by atoms with Crippen molar-refractivity contribution in [1.29, 1.82) is 0 Å². The molecule has 1 saturated heterocycles. The summed E-state index contributed by atoms with van der Waals surface area (Å²) in [6.07, 6.45) is 1.69. The molecule has 0 spiro atoms.